The maximum Gasteiger partial charge on any atom is 0.0775 e. The van der Waals surface area contributed by atoms with Gasteiger partial charge in [-0.1, -0.05) is 45.4 Å². The number of aliphatic hydroxyl groups excluding tert-OH is 1. The first-order valence-electron chi connectivity index (χ1n) is 9.53. The molecular weight excluding hydrogens is 268 g/mol. The molecule has 3 atom stereocenters. The second-order valence-corrected chi connectivity index (χ2v) is 8.20. The molecule has 1 N–H and O–H groups in total. The number of allylic oxidation sites excluding steroid dienone is 1. The molecule has 0 amide bonds. The topological polar surface area (TPSA) is 20.2 Å². The second kappa shape index (κ2) is 8.34. The molecule has 0 saturated heterocycles. The average molecular weight is 305 g/mol. The van der Waals surface area contributed by atoms with Gasteiger partial charge in [-0.15, -0.1) is 0 Å². The summed E-state index contributed by atoms with van der Waals surface area (Å²) >= 11 is 0. The predicted octanol–water partition coefficient (Wildman–Crippen LogP) is 5.89. The third-order valence-electron chi connectivity index (χ3n) is 6.07. The van der Waals surface area contributed by atoms with Gasteiger partial charge in [-0.3, -0.25) is 0 Å². The van der Waals surface area contributed by atoms with Gasteiger partial charge in [0.25, 0.3) is 0 Å². The van der Waals surface area contributed by atoms with Crippen LogP contribution in [0, 0.1) is 23.7 Å². The largest absolute Gasteiger partial charge is 0.388 e. The van der Waals surface area contributed by atoms with E-state index in [1.165, 1.54) is 63.4 Å². The van der Waals surface area contributed by atoms with E-state index >= 15 is 0 Å². The van der Waals surface area contributed by atoms with Crippen LogP contribution in [0.4, 0.5) is 0 Å². The highest BCUT2D eigenvalue weighted by Gasteiger charge is 2.29. The predicted molar refractivity (Wildman–Crippen MR) is 95.8 cm³/mol. The van der Waals surface area contributed by atoms with Crippen LogP contribution in [-0.4, -0.2) is 11.2 Å². The van der Waals surface area contributed by atoms with Crippen molar-refractivity contribution in [1.82, 2.24) is 0 Å². The smallest absolute Gasteiger partial charge is 0.0775 e. The van der Waals surface area contributed by atoms with Gasteiger partial charge >= 0.3 is 0 Å². The van der Waals surface area contributed by atoms with Crippen LogP contribution in [0.15, 0.2) is 24.3 Å². The van der Waals surface area contributed by atoms with Crippen molar-refractivity contribution in [3.05, 3.63) is 24.3 Å². The summed E-state index contributed by atoms with van der Waals surface area (Å²) in [4.78, 5) is 0. The minimum absolute atomic E-state index is 0.237. The Morgan fingerprint density at radius 3 is 2.32 bits per heavy atom. The summed E-state index contributed by atoms with van der Waals surface area (Å²) < 4.78 is 0. The van der Waals surface area contributed by atoms with Crippen LogP contribution in [0.25, 0.3) is 0 Å². The van der Waals surface area contributed by atoms with Crippen LogP contribution in [-0.2, 0) is 0 Å². The van der Waals surface area contributed by atoms with Crippen molar-refractivity contribution in [2.24, 2.45) is 23.7 Å². The van der Waals surface area contributed by atoms with E-state index in [4.69, 9.17) is 0 Å². The summed E-state index contributed by atoms with van der Waals surface area (Å²) in [5, 5.41) is 10.2. The molecule has 0 radical (unpaired) electrons. The van der Waals surface area contributed by atoms with E-state index in [0.717, 1.165) is 29.7 Å². The van der Waals surface area contributed by atoms with Crippen molar-refractivity contribution in [3.63, 3.8) is 0 Å². The van der Waals surface area contributed by atoms with Gasteiger partial charge < -0.3 is 5.11 Å². The van der Waals surface area contributed by atoms with Crippen LogP contribution in [0.5, 0.6) is 0 Å². The first kappa shape index (κ1) is 17.8. The Bertz CT molecular complexity index is 377. The lowest BCUT2D eigenvalue weighted by Gasteiger charge is -2.31. The molecule has 0 heterocycles. The fourth-order valence-electron chi connectivity index (χ4n) is 4.11. The molecule has 0 spiro atoms. The van der Waals surface area contributed by atoms with Crippen molar-refractivity contribution >= 4 is 0 Å². The molecule has 126 valence electrons. The van der Waals surface area contributed by atoms with Crippen molar-refractivity contribution < 1.29 is 5.11 Å². The lowest BCUT2D eigenvalue weighted by Crippen LogP contribution is -2.28. The molecule has 0 aromatic carbocycles. The van der Waals surface area contributed by atoms with Gasteiger partial charge in [-0.25, -0.2) is 0 Å². The van der Waals surface area contributed by atoms with Gasteiger partial charge in [0.1, 0.15) is 0 Å². The number of hydrogen-bond acceptors (Lipinski definition) is 1. The van der Waals surface area contributed by atoms with Crippen LogP contribution in [0.3, 0.4) is 0 Å². The van der Waals surface area contributed by atoms with E-state index in [1.807, 2.05) is 0 Å². The van der Waals surface area contributed by atoms with Gasteiger partial charge in [0.2, 0.25) is 0 Å². The normalized spacial score (nSPS) is 27.2. The highest BCUT2D eigenvalue weighted by Crippen LogP contribution is 2.41. The van der Waals surface area contributed by atoms with E-state index in [1.54, 1.807) is 0 Å². The fourth-order valence-corrected chi connectivity index (χ4v) is 4.11. The summed E-state index contributed by atoms with van der Waals surface area (Å²) in [5.74, 6) is 2.82. The molecule has 2 aliphatic rings. The molecular formula is C21H36O. The number of aliphatic hydroxyl groups is 1. The van der Waals surface area contributed by atoms with E-state index in [9.17, 15) is 5.11 Å². The zero-order valence-corrected chi connectivity index (χ0v) is 14.8. The van der Waals surface area contributed by atoms with Gasteiger partial charge in [0, 0.05) is 0 Å². The molecule has 22 heavy (non-hydrogen) atoms. The minimum Gasteiger partial charge on any atom is -0.388 e. The number of hydrogen-bond donors (Lipinski definition) is 1. The highest BCUT2D eigenvalue weighted by atomic mass is 16.3. The Morgan fingerprint density at radius 1 is 1.14 bits per heavy atom. The monoisotopic (exact) mass is 304 g/mol. The molecule has 1 nitrogen and oxygen atoms in total. The summed E-state index contributed by atoms with van der Waals surface area (Å²) in [7, 11) is 0. The lowest BCUT2D eigenvalue weighted by atomic mass is 9.78. The SMILES string of the molecule is C=C1C(CCCC(=C)C(O)C2CCC2)CCC1CCC(C)C. The van der Waals surface area contributed by atoms with E-state index in [-0.39, 0.29) is 6.10 Å². The van der Waals surface area contributed by atoms with E-state index in [0.29, 0.717) is 5.92 Å². The first-order chi connectivity index (χ1) is 10.5. The minimum atomic E-state index is -0.237. The van der Waals surface area contributed by atoms with E-state index < -0.39 is 0 Å². The Hall–Kier alpha value is -0.560. The van der Waals surface area contributed by atoms with E-state index in [2.05, 4.69) is 27.0 Å². The first-order valence-corrected chi connectivity index (χ1v) is 9.53. The third kappa shape index (κ3) is 4.72. The Kier molecular flexibility index (Phi) is 6.74. The zero-order chi connectivity index (χ0) is 16.1. The molecule has 2 rings (SSSR count). The molecule has 0 aliphatic heterocycles. The van der Waals surface area contributed by atoms with Gasteiger partial charge in [-0.05, 0) is 80.6 Å². The molecule has 2 saturated carbocycles. The fraction of sp³-hybridized carbons (Fsp3) is 0.810. The maximum absolute atomic E-state index is 10.2. The van der Waals surface area contributed by atoms with Crippen LogP contribution < -0.4 is 0 Å². The van der Waals surface area contributed by atoms with Crippen molar-refractivity contribution in [1.29, 1.82) is 0 Å². The van der Waals surface area contributed by atoms with Crippen LogP contribution in [0.2, 0.25) is 0 Å². The summed E-state index contributed by atoms with van der Waals surface area (Å²) in [5.41, 5.74) is 2.59. The highest BCUT2D eigenvalue weighted by molar-refractivity contribution is 5.12. The Morgan fingerprint density at radius 2 is 1.77 bits per heavy atom. The molecule has 3 unspecified atom stereocenters. The molecule has 1 heteroatoms. The van der Waals surface area contributed by atoms with Crippen molar-refractivity contribution in [2.75, 3.05) is 0 Å². The molecule has 2 aliphatic carbocycles. The summed E-state index contributed by atoms with van der Waals surface area (Å²) in [6.45, 7) is 13.2. The third-order valence-corrected chi connectivity index (χ3v) is 6.07. The Labute approximate surface area is 137 Å². The molecule has 0 aromatic rings. The summed E-state index contributed by atoms with van der Waals surface area (Å²) in [6.07, 6.45) is 12.2. The van der Waals surface area contributed by atoms with Gasteiger partial charge in [0.05, 0.1) is 6.10 Å². The second-order valence-electron chi connectivity index (χ2n) is 8.20. The van der Waals surface area contributed by atoms with Crippen molar-refractivity contribution in [3.8, 4) is 0 Å². The lowest BCUT2D eigenvalue weighted by molar-refractivity contribution is 0.0885. The van der Waals surface area contributed by atoms with Gasteiger partial charge in [0.15, 0.2) is 0 Å². The standard InChI is InChI=1S/C21H36O/c1-15(2)11-12-19-14-13-18(17(19)4)8-5-7-16(3)21(22)20-9-6-10-20/h15,18-22H,3-14H2,1-2H3. The Balaban J connectivity index is 1.64. The molecule has 0 aromatic heterocycles. The number of rotatable bonds is 9. The average Bonchev–Trinajstić information content (AvgIpc) is 2.75. The maximum atomic E-state index is 10.2. The summed E-state index contributed by atoms with van der Waals surface area (Å²) in [6, 6.07) is 0. The quantitative estimate of drug-likeness (QED) is 0.526. The van der Waals surface area contributed by atoms with Gasteiger partial charge in [-0.2, -0.15) is 0 Å². The zero-order valence-electron chi connectivity index (χ0n) is 14.8. The molecule has 0 bridgehead atoms. The van der Waals surface area contributed by atoms with Crippen molar-refractivity contribution in [2.45, 2.75) is 84.2 Å². The molecule has 2 fully saturated rings. The van der Waals surface area contributed by atoms with Crippen LogP contribution >= 0.6 is 0 Å². The van der Waals surface area contributed by atoms with Crippen LogP contribution in [0.1, 0.15) is 78.1 Å².